The van der Waals surface area contributed by atoms with Crippen molar-refractivity contribution < 1.29 is 9.59 Å². The van der Waals surface area contributed by atoms with Gasteiger partial charge in [-0.15, -0.1) is 0 Å². The number of nitrogens with zero attached hydrogens (tertiary/aromatic N) is 2. The maximum absolute atomic E-state index is 13.4. The Hall–Kier alpha value is -1.56. The molecule has 2 aliphatic heterocycles. The Morgan fingerprint density at radius 3 is 2.24 bits per heavy atom. The third kappa shape index (κ3) is 4.33. The molecule has 0 aromatic heterocycles. The summed E-state index contributed by atoms with van der Waals surface area (Å²) in [6.45, 7) is 3.48. The number of benzene rings is 1. The molecule has 4 saturated carbocycles. The first-order chi connectivity index (χ1) is 18.0. The molecule has 200 valence electrons. The molecule has 5 nitrogen and oxygen atoms in total. The lowest BCUT2D eigenvalue weighted by Crippen LogP contribution is -2.59. The zero-order valence-corrected chi connectivity index (χ0v) is 23.7. The summed E-state index contributed by atoms with van der Waals surface area (Å²) in [6.07, 6.45) is 14.0. The molecule has 8 rings (SSSR count). The number of carbonyl (C=O) groups is 2. The summed E-state index contributed by atoms with van der Waals surface area (Å²) in [4.78, 5) is 30.9. The molecule has 37 heavy (non-hydrogen) atoms. The van der Waals surface area contributed by atoms with Crippen LogP contribution in [0.3, 0.4) is 0 Å². The highest BCUT2D eigenvalue weighted by molar-refractivity contribution is 9.10. The van der Waals surface area contributed by atoms with Gasteiger partial charge in [0.2, 0.25) is 5.91 Å². The molecule has 6 fully saturated rings. The average molecular weight is 569 g/mol. The minimum Gasteiger partial charge on any atom is -0.343 e. The van der Waals surface area contributed by atoms with Crippen molar-refractivity contribution in [1.82, 2.24) is 15.1 Å². The molecular weight excluding hydrogens is 526 g/mol. The number of rotatable bonds is 3. The highest BCUT2D eigenvalue weighted by Gasteiger charge is 2.50. The number of fused-ring (bicyclic) bond motifs is 2. The molecule has 1 atom stereocenters. The van der Waals surface area contributed by atoms with Crippen molar-refractivity contribution in [2.75, 3.05) is 26.2 Å². The number of carbonyl (C=O) groups excluding carboxylic acids is 2. The fraction of sp³-hybridized carbons (Fsp3) is 0.742. The molecule has 0 radical (unpaired) electrons. The first-order valence-electron chi connectivity index (χ1n) is 15.1. The van der Waals surface area contributed by atoms with E-state index in [0.717, 1.165) is 70.1 Å². The maximum Gasteiger partial charge on any atom is 0.317 e. The number of halogens is 1. The molecule has 1 aromatic carbocycles. The molecule has 1 aromatic rings. The number of hydrogen-bond acceptors (Lipinski definition) is 2. The standard InChI is InChI=1S/C31H42BrN3O2/c32-26-6-4-5-25-24(18-27(36)34-9-2-1-3-10-34)19-31(28(25)26)7-11-35(12-8-31)30(37)33-29-22-14-20-13-21(16-22)17-23(29)15-20/h4-6,20-24,29H,1-3,7-19H2,(H,33,37). The number of hydrogen-bond donors (Lipinski definition) is 1. The zero-order valence-electron chi connectivity index (χ0n) is 22.1. The Kier molecular flexibility index (Phi) is 6.33. The van der Waals surface area contributed by atoms with Gasteiger partial charge in [-0.3, -0.25) is 4.79 Å². The van der Waals surface area contributed by atoms with Crippen molar-refractivity contribution in [2.24, 2.45) is 23.7 Å². The van der Waals surface area contributed by atoms with Gasteiger partial charge >= 0.3 is 6.03 Å². The Morgan fingerprint density at radius 2 is 1.57 bits per heavy atom. The summed E-state index contributed by atoms with van der Waals surface area (Å²) in [7, 11) is 0. The van der Waals surface area contributed by atoms with Crippen LogP contribution in [0.2, 0.25) is 0 Å². The predicted molar refractivity (Wildman–Crippen MR) is 148 cm³/mol. The molecule has 5 aliphatic carbocycles. The van der Waals surface area contributed by atoms with Crippen LogP contribution in [0.15, 0.2) is 22.7 Å². The van der Waals surface area contributed by atoms with Crippen LogP contribution in [0.5, 0.6) is 0 Å². The minimum atomic E-state index is 0.0711. The second-order valence-electron chi connectivity index (χ2n) is 13.4. The molecular formula is C31H42BrN3O2. The van der Waals surface area contributed by atoms with Gasteiger partial charge in [-0.1, -0.05) is 28.1 Å². The number of urea groups is 1. The van der Waals surface area contributed by atoms with Gasteiger partial charge in [-0.05, 0) is 117 Å². The van der Waals surface area contributed by atoms with E-state index in [-0.39, 0.29) is 17.4 Å². The quantitative estimate of drug-likeness (QED) is 0.472. The summed E-state index contributed by atoms with van der Waals surface area (Å²) in [5, 5.41) is 3.54. The van der Waals surface area contributed by atoms with Crippen LogP contribution in [0, 0.1) is 23.7 Å². The first-order valence-corrected chi connectivity index (χ1v) is 15.9. The van der Waals surface area contributed by atoms with E-state index in [2.05, 4.69) is 49.2 Å². The fourth-order valence-corrected chi connectivity index (χ4v) is 10.6. The van der Waals surface area contributed by atoms with Crippen LogP contribution in [-0.2, 0) is 10.2 Å². The summed E-state index contributed by atoms with van der Waals surface area (Å²) >= 11 is 3.89. The second-order valence-corrected chi connectivity index (χ2v) is 14.3. The van der Waals surface area contributed by atoms with Crippen LogP contribution in [0.4, 0.5) is 4.79 Å². The van der Waals surface area contributed by atoms with Gasteiger partial charge in [-0.2, -0.15) is 0 Å². The Bertz CT molecular complexity index is 1030. The topological polar surface area (TPSA) is 52.7 Å². The first kappa shape index (κ1) is 24.5. The predicted octanol–water partition coefficient (Wildman–Crippen LogP) is 6.21. The molecule has 1 N–H and O–H groups in total. The van der Waals surface area contributed by atoms with E-state index < -0.39 is 0 Å². The largest absolute Gasteiger partial charge is 0.343 e. The molecule has 1 unspecified atom stereocenters. The number of piperidine rings is 2. The molecule has 6 heteroatoms. The van der Waals surface area contributed by atoms with Gasteiger partial charge in [0.15, 0.2) is 0 Å². The number of likely N-dealkylation sites (tertiary alicyclic amines) is 2. The summed E-state index contributed by atoms with van der Waals surface area (Å²) < 4.78 is 1.18. The van der Waals surface area contributed by atoms with Crippen molar-refractivity contribution in [3.05, 3.63) is 33.8 Å². The van der Waals surface area contributed by atoms with Crippen LogP contribution in [0.1, 0.15) is 94.1 Å². The third-order valence-corrected chi connectivity index (χ3v) is 12.0. The van der Waals surface area contributed by atoms with Crippen molar-refractivity contribution in [2.45, 2.75) is 94.4 Å². The van der Waals surface area contributed by atoms with Crippen molar-refractivity contribution in [1.29, 1.82) is 0 Å². The van der Waals surface area contributed by atoms with Gasteiger partial charge in [0.1, 0.15) is 0 Å². The van der Waals surface area contributed by atoms with Gasteiger partial charge in [0.05, 0.1) is 0 Å². The van der Waals surface area contributed by atoms with Crippen LogP contribution in [0.25, 0.3) is 0 Å². The van der Waals surface area contributed by atoms with Gasteiger partial charge < -0.3 is 15.1 Å². The van der Waals surface area contributed by atoms with Gasteiger partial charge in [-0.25, -0.2) is 4.79 Å². The zero-order chi connectivity index (χ0) is 25.1. The Labute approximate surface area is 230 Å². The normalized spacial score (nSPS) is 35.6. The molecule has 7 aliphatic rings. The Morgan fingerprint density at radius 1 is 0.892 bits per heavy atom. The van der Waals surface area contributed by atoms with Crippen LogP contribution < -0.4 is 5.32 Å². The summed E-state index contributed by atoms with van der Waals surface area (Å²) in [6, 6.07) is 7.14. The summed E-state index contributed by atoms with van der Waals surface area (Å²) in [5.74, 6) is 3.91. The van der Waals surface area contributed by atoms with E-state index in [1.165, 1.54) is 54.1 Å². The van der Waals surface area contributed by atoms with E-state index in [1.54, 1.807) is 0 Å². The number of amides is 3. The highest BCUT2D eigenvalue weighted by Crippen LogP contribution is 2.56. The van der Waals surface area contributed by atoms with Crippen LogP contribution in [-0.4, -0.2) is 54.0 Å². The third-order valence-electron chi connectivity index (χ3n) is 11.3. The van der Waals surface area contributed by atoms with E-state index in [4.69, 9.17) is 0 Å². The smallest absolute Gasteiger partial charge is 0.317 e. The molecule has 2 saturated heterocycles. The SMILES string of the molecule is O=C(CC1CC2(CCN(C(=O)NC3C4CC5CC(C4)CC3C5)CC2)c2c(Br)cccc21)N1CCCCC1. The minimum absolute atomic E-state index is 0.0711. The molecule has 2 heterocycles. The Balaban J connectivity index is 1.02. The van der Waals surface area contributed by atoms with Crippen molar-refractivity contribution in [3.8, 4) is 0 Å². The van der Waals surface area contributed by atoms with Crippen LogP contribution >= 0.6 is 15.9 Å². The van der Waals surface area contributed by atoms with E-state index in [0.29, 0.717) is 30.2 Å². The van der Waals surface area contributed by atoms with Gasteiger partial charge in [0, 0.05) is 48.5 Å². The van der Waals surface area contributed by atoms with E-state index in [9.17, 15) is 9.59 Å². The lowest BCUT2D eigenvalue weighted by Gasteiger charge is -2.54. The van der Waals surface area contributed by atoms with E-state index in [1.807, 2.05) is 0 Å². The molecule has 1 spiro atoms. The molecule has 4 bridgehead atoms. The lowest BCUT2D eigenvalue weighted by atomic mass is 9.54. The second kappa shape index (κ2) is 9.57. The fourth-order valence-electron chi connectivity index (χ4n) is 9.78. The van der Waals surface area contributed by atoms with Crippen molar-refractivity contribution in [3.63, 3.8) is 0 Å². The molecule has 3 amide bonds. The van der Waals surface area contributed by atoms with E-state index >= 15 is 0 Å². The van der Waals surface area contributed by atoms with Crippen molar-refractivity contribution >= 4 is 27.9 Å². The van der Waals surface area contributed by atoms with Gasteiger partial charge in [0.25, 0.3) is 0 Å². The monoisotopic (exact) mass is 567 g/mol. The summed E-state index contributed by atoms with van der Waals surface area (Å²) in [5.41, 5.74) is 2.86. The lowest BCUT2D eigenvalue weighted by molar-refractivity contribution is -0.132. The highest BCUT2D eigenvalue weighted by atomic mass is 79.9. The maximum atomic E-state index is 13.4. The number of nitrogens with one attached hydrogen (secondary N) is 1. The average Bonchev–Trinajstić information content (AvgIpc) is 3.20.